The van der Waals surface area contributed by atoms with Crippen LogP contribution in [0, 0.1) is 5.92 Å². The van der Waals surface area contributed by atoms with Crippen LogP contribution in [0.4, 0.5) is 5.69 Å². The second-order valence-corrected chi connectivity index (χ2v) is 8.34. The lowest BCUT2D eigenvalue weighted by atomic mass is 10.2. The molecule has 172 valence electrons. The van der Waals surface area contributed by atoms with Gasteiger partial charge < -0.3 is 30.2 Å². The smallest absolute Gasteiger partial charge is 0.221 e. The van der Waals surface area contributed by atoms with E-state index < -0.39 is 0 Å². The number of carbonyl (C=O) groups is 1. The van der Waals surface area contributed by atoms with Gasteiger partial charge in [-0.05, 0) is 51.2 Å². The van der Waals surface area contributed by atoms with Crippen LogP contribution in [0.3, 0.4) is 0 Å². The molecule has 8 heteroatoms. The monoisotopic (exact) mass is 432 g/mol. The molecule has 1 fully saturated rings. The van der Waals surface area contributed by atoms with Gasteiger partial charge in [0.15, 0.2) is 17.5 Å². The molecule has 3 N–H and O–H groups in total. The number of anilines is 1. The first-order chi connectivity index (χ1) is 15.1. The van der Waals surface area contributed by atoms with Crippen LogP contribution in [0.1, 0.15) is 46.0 Å². The Bertz CT molecular complexity index is 734. The lowest BCUT2D eigenvalue weighted by molar-refractivity contribution is -0.121. The Hall–Kier alpha value is -2.48. The van der Waals surface area contributed by atoms with Crippen molar-refractivity contribution in [3.05, 3.63) is 18.2 Å². The van der Waals surface area contributed by atoms with Crippen LogP contribution in [-0.4, -0.2) is 57.4 Å². The second kappa shape index (κ2) is 12.4. The minimum atomic E-state index is 0.0194. The predicted octanol–water partition coefficient (Wildman–Crippen LogP) is 2.94. The normalized spacial score (nSPS) is 16.0. The van der Waals surface area contributed by atoms with E-state index in [1.54, 1.807) is 0 Å². The zero-order valence-corrected chi connectivity index (χ0v) is 18.7. The minimum absolute atomic E-state index is 0.0194. The molecule has 3 rings (SSSR count). The molecule has 31 heavy (non-hydrogen) atoms. The summed E-state index contributed by atoms with van der Waals surface area (Å²) in [5.74, 6) is 2.91. The molecular weight excluding hydrogens is 396 g/mol. The third-order valence-electron chi connectivity index (χ3n) is 4.87. The Labute approximate surface area is 185 Å². The van der Waals surface area contributed by atoms with Crippen LogP contribution in [0.5, 0.6) is 11.5 Å². The summed E-state index contributed by atoms with van der Waals surface area (Å²) in [4.78, 5) is 16.6. The molecule has 0 radical (unpaired) electrons. The highest BCUT2D eigenvalue weighted by Gasteiger charge is 2.20. The highest BCUT2D eigenvalue weighted by atomic mass is 16.5. The van der Waals surface area contributed by atoms with Crippen LogP contribution < -0.4 is 25.4 Å². The number of nitrogens with one attached hydrogen (secondary N) is 3. The van der Waals surface area contributed by atoms with Crippen molar-refractivity contribution in [2.45, 2.75) is 52.0 Å². The van der Waals surface area contributed by atoms with E-state index in [9.17, 15) is 4.79 Å². The third-order valence-corrected chi connectivity index (χ3v) is 4.87. The fourth-order valence-electron chi connectivity index (χ4n) is 3.10. The van der Waals surface area contributed by atoms with Crippen molar-refractivity contribution in [3.63, 3.8) is 0 Å². The maximum absolute atomic E-state index is 11.9. The zero-order valence-electron chi connectivity index (χ0n) is 18.7. The summed E-state index contributed by atoms with van der Waals surface area (Å²) in [7, 11) is 0. The van der Waals surface area contributed by atoms with E-state index in [4.69, 9.17) is 14.2 Å². The molecule has 0 bridgehead atoms. The summed E-state index contributed by atoms with van der Waals surface area (Å²) in [5, 5.41) is 9.46. The van der Waals surface area contributed by atoms with E-state index in [0.29, 0.717) is 45.3 Å². The molecule has 1 aromatic carbocycles. The van der Waals surface area contributed by atoms with Gasteiger partial charge in [-0.2, -0.15) is 0 Å². The van der Waals surface area contributed by atoms with Crippen molar-refractivity contribution >= 4 is 17.6 Å². The molecule has 1 aliphatic carbocycles. The summed E-state index contributed by atoms with van der Waals surface area (Å²) in [5.41, 5.74) is 0.854. The molecule has 1 heterocycles. The molecule has 0 saturated heterocycles. The number of nitrogens with zero attached hydrogens (tertiary/aromatic N) is 1. The minimum Gasteiger partial charge on any atom is -0.490 e. The maximum atomic E-state index is 11.9. The van der Waals surface area contributed by atoms with Crippen molar-refractivity contribution < 1.29 is 19.0 Å². The fraction of sp³-hybridized carbons (Fsp3) is 0.652. The molecule has 0 spiro atoms. The van der Waals surface area contributed by atoms with Crippen molar-refractivity contribution in [1.82, 2.24) is 10.6 Å². The highest BCUT2D eigenvalue weighted by Crippen LogP contribution is 2.32. The summed E-state index contributed by atoms with van der Waals surface area (Å²) >= 11 is 0. The molecule has 1 saturated carbocycles. The van der Waals surface area contributed by atoms with E-state index in [2.05, 4.69) is 20.9 Å². The van der Waals surface area contributed by atoms with E-state index in [1.165, 1.54) is 12.8 Å². The van der Waals surface area contributed by atoms with Gasteiger partial charge in [-0.25, -0.2) is 0 Å². The summed E-state index contributed by atoms with van der Waals surface area (Å²) in [6, 6.07) is 5.90. The molecule has 2 aliphatic rings. The largest absolute Gasteiger partial charge is 0.490 e. The van der Waals surface area contributed by atoms with E-state index in [0.717, 1.165) is 42.6 Å². The van der Waals surface area contributed by atoms with Gasteiger partial charge in [0.2, 0.25) is 5.91 Å². The van der Waals surface area contributed by atoms with Gasteiger partial charge in [0, 0.05) is 56.9 Å². The summed E-state index contributed by atoms with van der Waals surface area (Å²) in [6.45, 7) is 7.93. The van der Waals surface area contributed by atoms with Crippen LogP contribution in [0.25, 0.3) is 0 Å². The Balaban J connectivity index is 1.52. The summed E-state index contributed by atoms with van der Waals surface area (Å²) < 4.78 is 17.2. The molecule has 1 aliphatic heterocycles. The van der Waals surface area contributed by atoms with Gasteiger partial charge in [0.1, 0.15) is 0 Å². The molecule has 8 nitrogen and oxygen atoms in total. The van der Waals surface area contributed by atoms with Gasteiger partial charge in [-0.1, -0.05) is 0 Å². The van der Waals surface area contributed by atoms with Gasteiger partial charge in [0.25, 0.3) is 0 Å². The van der Waals surface area contributed by atoms with Gasteiger partial charge in [-0.3, -0.25) is 9.79 Å². The van der Waals surface area contributed by atoms with E-state index in [1.807, 2.05) is 32.0 Å². The number of fused-ring (bicyclic) bond motifs is 1. The fourth-order valence-corrected chi connectivity index (χ4v) is 3.10. The van der Waals surface area contributed by atoms with Gasteiger partial charge >= 0.3 is 0 Å². The van der Waals surface area contributed by atoms with Crippen LogP contribution in [-0.2, 0) is 9.53 Å². The van der Waals surface area contributed by atoms with Crippen molar-refractivity contribution in [2.75, 3.05) is 44.8 Å². The Morgan fingerprint density at radius 3 is 2.81 bits per heavy atom. The van der Waals surface area contributed by atoms with Crippen LogP contribution in [0.2, 0.25) is 0 Å². The third kappa shape index (κ3) is 9.04. The number of guanidine groups is 1. The zero-order chi connectivity index (χ0) is 21.9. The molecule has 1 amide bonds. The Morgan fingerprint density at radius 1 is 1.23 bits per heavy atom. The number of carbonyl (C=O) groups excluding carboxylic acids is 1. The SMILES string of the molecule is CC(C)NC(=O)CCNC(=NCCCOCC1CC1)Nc1ccc2c(c1)OCCCO2. The number of hydrogen-bond donors (Lipinski definition) is 3. The average molecular weight is 433 g/mol. The lowest BCUT2D eigenvalue weighted by Crippen LogP contribution is -2.36. The van der Waals surface area contributed by atoms with Crippen molar-refractivity contribution in [1.29, 1.82) is 0 Å². The van der Waals surface area contributed by atoms with Crippen LogP contribution >= 0.6 is 0 Å². The maximum Gasteiger partial charge on any atom is 0.221 e. The first-order valence-electron chi connectivity index (χ1n) is 11.4. The first kappa shape index (κ1) is 23.2. The lowest BCUT2D eigenvalue weighted by Gasteiger charge is -2.15. The predicted molar refractivity (Wildman–Crippen MR) is 122 cm³/mol. The Morgan fingerprint density at radius 2 is 2.03 bits per heavy atom. The standard InChI is InChI=1S/C23H36N4O4/c1-17(2)26-22(28)9-11-25-23(24-10-3-12-29-16-18-5-6-18)27-19-7-8-20-21(15-19)31-14-4-13-30-20/h7-8,15,17-18H,3-6,9-14,16H2,1-2H3,(H,26,28)(H2,24,25,27). The molecule has 0 atom stereocenters. The number of aliphatic imine (C=N–C) groups is 1. The Kier molecular flexibility index (Phi) is 9.27. The number of benzene rings is 1. The van der Waals surface area contributed by atoms with Crippen LogP contribution in [0.15, 0.2) is 23.2 Å². The quantitative estimate of drug-likeness (QED) is 0.283. The van der Waals surface area contributed by atoms with Gasteiger partial charge in [0.05, 0.1) is 13.2 Å². The first-order valence-corrected chi connectivity index (χ1v) is 11.4. The molecular formula is C23H36N4O4. The van der Waals surface area contributed by atoms with E-state index >= 15 is 0 Å². The molecule has 1 aromatic rings. The van der Waals surface area contributed by atoms with Crippen molar-refractivity contribution in [2.24, 2.45) is 10.9 Å². The number of amides is 1. The number of ether oxygens (including phenoxy) is 3. The topological polar surface area (TPSA) is 93.2 Å². The molecule has 0 aromatic heterocycles. The van der Waals surface area contributed by atoms with E-state index in [-0.39, 0.29) is 11.9 Å². The average Bonchev–Trinajstić information content (AvgIpc) is 3.56. The van der Waals surface area contributed by atoms with Crippen molar-refractivity contribution in [3.8, 4) is 11.5 Å². The molecule has 0 unspecified atom stereocenters. The second-order valence-electron chi connectivity index (χ2n) is 8.34. The van der Waals surface area contributed by atoms with Gasteiger partial charge in [-0.15, -0.1) is 0 Å². The number of hydrogen-bond acceptors (Lipinski definition) is 5. The number of rotatable bonds is 11. The summed E-state index contributed by atoms with van der Waals surface area (Å²) in [6.07, 6.45) is 4.71. The highest BCUT2D eigenvalue weighted by molar-refractivity contribution is 5.94.